The Labute approximate surface area is 117 Å². The molecule has 1 aliphatic rings. The molecule has 0 spiro atoms. The molecular formula is C14H29N5. The molecule has 1 rings (SSSR count). The molecule has 1 fully saturated rings. The van der Waals surface area contributed by atoms with E-state index in [1.54, 1.807) is 0 Å². The summed E-state index contributed by atoms with van der Waals surface area (Å²) in [6.07, 6.45) is 3.10. The maximum absolute atomic E-state index is 4.59. The monoisotopic (exact) mass is 267 g/mol. The molecule has 0 aromatic rings. The lowest BCUT2D eigenvalue weighted by Crippen LogP contribution is -2.38. The van der Waals surface area contributed by atoms with E-state index >= 15 is 0 Å². The Morgan fingerprint density at radius 2 is 2.11 bits per heavy atom. The topological polar surface area (TPSA) is 42.9 Å². The zero-order valence-electron chi connectivity index (χ0n) is 12.5. The predicted octanol–water partition coefficient (Wildman–Crippen LogP) is 0.365. The number of rotatable bonds is 6. The van der Waals surface area contributed by atoms with Gasteiger partial charge in [0.25, 0.3) is 0 Å². The standard InChI is InChI=1S/C14H29N5/c1-4-7-16-14(15-5-2)17-8-11-19-10-6-9-18(3)12-13-19/h4H,1,5-13H2,2-3H3,(H2,15,16,17). The van der Waals surface area contributed by atoms with Crippen LogP contribution in [0, 0.1) is 0 Å². The zero-order valence-corrected chi connectivity index (χ0v) is 12.5. The molecule has 1 saturated heterocycles. The van der Waals surface area contributed by atoms with Crippen LogP contribution in [0.25, 0.3) is 0 Å². The van der Waals surface area contributed by atoms with Gasteiger partial charge in [-0.05, 0) is 33.5 Å². The molecule has 0 saturated carbocycles. The number of hydrogen-bond donors (Lipinski definition) is 2. The van der Waals surface area contributed by atoms with Crippen LogP contribution in [0.1, 0.15) is 13.3 Å². The minimum absolute atomic E-state index is 0.750. The van der Waals surface area contributed by atoms with Crippen LogP contribution in [-0.2, 0) is 0 Å². The van der Waals surface area contributed by atoms with E-state index in [-0.39, 0.29) is 0 Å². The number of guanidine groups is 1. The van der Waals surface area contributed by atoms with Crippen LogP contribution in [0.15, 0.2) is 17.6 Å². The summed E-state index contributed by atoms with van der Waals surface area (Å²) in [6, 6.07) is 0. The Bertz CT molecular complexity index is 277. The first kappa shape index (κ1) is 16.0. The number of nitrogens with zero attached hydrogens (tertiary/aromatic N) is 3. The molecule has 1 heterocycles. The van der Waals surface area contributed by atoms with Gasteiger partial charge in [0.1, 0.15) is 0 Å². The van der Waals surface area contributed by atoms with Crippen molar-refractivity contribution in [3.05, 3.63) is 12.7 Å². The summed E-state index contributed by atoms with van der Waals surface area (Å²) in [6.45, 7) is 14.0. The van der Waals surface area contributed by atoms with Gasteiger partial charge in [-0.15, -0.1) is 6.58 Å². The summed E-state index contributed by atoms with van der Waals surface area (Å²) in [5.41, 5.74) is 0. The molecule has 0 radical (unpaired) electrons. The molecule has 1 aliphatic heterocycles. The van der Waals surface area contributed by atoms with Crippen molar-refractivity contribution >= 4 is 5.96 Å². The summed E-state index contributed by atoms with van der Waals surface area (Å²) in [4.78, 5) is 9.49. The van der Waals surface area contributed by atoms with Crippen molar-refractivity contribution in [2.24, 2.45) is 4.99 Å². The van der Waals surface area contributed by atoms with Gasteiger partial charge in [-0.2, -0.15) is 0 Å². The van der Waals surface area contributed by atoms with Crippen molar-refractivity contribution in [1.82, 2.24) is 20.4 Å². The summed E-state index contributed by atoms with van der Waals surface area (Å²) in [5.74, 6) is 0.884. The van der Waals surface area contributed by atoms with Gasteiger partial charge in [0, 0.05) is 32.7 Å². The summed E-state index contributed by atoms with van der Waals surface area (Å²) in [5, 5.41) is 6.46. The van der Waals surface area contributed by atoms with Crippen molar-refractivity contribution in [3.8, 4) is 0 Å². The van der Waals surface area contributed by atoms with Gasteiger partial charge in [0.05, 0.1) is 6.54 Å². The highest BCUT2D eigenvalue weighted by atomic mass is 15.2. The van der Waals surface area contributed by atoms with Crippen LogP contribution >= 0.6 is 0 Å². The third kappa shape index (κ3) is 7.18. The zero-order chi connectivity index (χ0) is 13.9. The molecule has 0 atom stereocenters. The van der Waals surface area contributed by atoms with E-state index in [9.17, 15) is 0 Å². The maximum Gasteiger partial charge on any atom is 0.191 e. The molecule has 0 aliphatic carbocycles. The number of likely N-dealkylation sites (N-methyl/N-ethyl adjacent to an activating group) is 1. The van der Waals surface area contributed by atoms with Crippen molar-refractivity contribution in [2.45, 2.75) is 13.3 Å². The highest BCUT2D eigenvalue weighted by molar-refractivity contribution is 5.79. The minimum atomic E-state index is 0.750. The van der Waals surface area contributed by atoms with Crippen LogP contribution in [-0.4, -0.2) is 75.2 Å². The molecule has 19 heavy (non-hydrogen) atoms. The Kier molecular flexibility index (Phi) is 8.25. The van der Waals surface area contributed by atoms with E-state index in [1.165, 1.54) is 26.1 Å². The molecule has 0 aromatic carbocycles. The highest BCUT2D eigenvalue weighted by Gasteiger charge is 2.11. The van der Waals surface area contributed by atoms with Gasteiger partial charge in [-0.25, -0.2) is 0 Å². The Morgan fingerprint density at radius 3 is 2.84 bits per heavy atom. The first-order valence-electron chi connectivity index (χ1n) is 7.30. The number of hydrogen-bond acceptors (Lipinski definition) is 3. The fraction of sp³-hybridized carbons (Fsp3) is 0.786. The van der Waals surface area contributed by atoms with Gasteiger partial charge in [-0.3, -0.25) is 4.99 Å². The van der Waals surface area contributed by atoms with Crippen LogP contribution in [0.2, 0.25) is 0 Å². The number of nitrogens with one attached hydrogen (secondary N) is 2. The summed E-state index contributed by atoms with van der Waals surface area (Å²) in [7, 11) is 2.20. The highest BCUT2D eigenvalue weighted by Crippen LogP contribution is 2.00. The molecule has 110 valence electrons. The predicted molar refractivity (Wildman–Crippen MR) is 82.7 cm³/mol. The molecule has 2 N–H and O–H groups in total. The van der Waals surface area contributed by atoms with E-state index in [1.807, 2.05) is 6.08 Å². The Morgan fingerprint density at radius 1 is 1.26 bits per heavy atom. The molecule has 0 unspecified atom stereocenters. The van der Waals surface area contributed by atoms with E-state index in [0.29, 0.717) is 0 Å². The van der Waals surface area contributed by atoms with Crippen molar-refractivity contribution in [2.75, 3.05) is 59.4 Å². The van der Waals surface area contributed by atoms with Crippen molar-refractivity contribution in [1.29, 1.82) is 0 Å². The maximum atomic E-state index is 4.59. The second kappa shape index (κ2) is 9.81. The molecule has 0 amide bonds. The lowest BCUT2D eigenvalue weighted by atomic mass is 10.4. The first-order chi connectivity index (χ1) is 9.26. The van der Waals surface area contributed by atoms with Gasteiger partial charge >= 0.3 is 0 Å². The smallest absolute Gasteiger partial charge is 0.191 e. The molecule has 5 heteroatoms. The Balaban J connectivity index is 2.29. The van der Waals surface area contributed by atoms with Crippen LogP contribution in [0.4, 0.5) is 0 Å². The van der Waals surface area contributed by atoms with Crippen LogP contribution in [0.3, 0.4) is 0 Å². The van der Waals surface area contributed by atoms with E-state index in [4.69, 9.17) is 0 Å². The van der Waals surface area contributed by atoms with Gasteiger partial charge < -0.3 is 20.4 Å². The van der Waals surface area contributed by atoms with E-state index in [2.05, 4.69) is 46.0 Å². The minimum Gasteiger partial charge on any atom is -0.357 e. The van der Waals surface area contributed by atoms with Gasteiger partial charge in [0.15, 0.2) is 5.96 Å². The fourth-order valence-electron chi connectivity index (χ4n) is 2.14. The third-order valence-electron chi connectivity index (χ3n) is 3.26. The van der Waals surface area contributed by atoms with Crippen LogP contribution < -0.4 is 10.6 Å². The molecule has 0 aromatic heterocycles. The van der Waals surface area contributed by atoms with Gasteiger partial charge in [0.2, 0.25) is 0 Å². The third-order valence-corrected chi connectivity index (χ3v) is 3.26. The fourth-order valence-corrected chi connectivity index (χ4v) is 2.14. The van der Waals surface area contributed by atoms with Gasteiger partial charge in [-0.1, -0.05) is 6.08 Å². The largest absolute Gasteiger partial charge is 0.357 e. The summed E-state index contributed by atoms with van der Waals surface area (Å²) < 4.78 is 0. The first-order valence-corrected chi connectivity index (χ1v) is 7.30. The normalized spacial score (nSPS) is 18.9. The lowest BCUT2D eigenvalue weighted by molar-refractivity contribution is 0.283. The van der Waals surface area contributed by atoms with E-state index in [0.717, 1.165) is 38.7 Å². The number of aliphatic imine (C=N–C) groups is 1. The average molecular weight is 267 g/mol. The quantitative estimate of drug-likeness (QED) is 0.414. The molecule has 5 nitrogen and oxygen atoms in total. The lowest BCUT2D eigenvalue weighted by Gasteiger charge is -2.19. The van der Waals surface area contributed by atoms with E-state index < -0.39 is 0 Å². The van der Waals surface area contributed by atoms with Crippen molar-refractivity contribution < 1.29 is 0 Å². The van der Waals surface area contributed by atoms with Crippen LogP contribution in [0.5, 0.6) is 0 Å². The summed E-state index contributed by atoms with van der Waals surface area (Å²) >= 11 is 0. The second-order valence-corrected chi connectivity index (χ2v) is 4.93. The molecule has 0 bridgehead atoms. The Hall–Kier alpha value is -1.07. The molecular weight excluding hydrogens is 238 g/mol. The second-order valence-electron chi connectivity index (χ2n) is 4.93. The van der Waals surface area contributed by atoms with Crippen molar-refractivity contribution in [3.63, 3.8) is 0 Å². The SMILES string of the molecule is C=CCNC(=NCCN1CCCN(C)CC1)NCC. The average Bonchev–Trinajstić information content (AvgIpc) is 2.61.